The summed E-state index contributed by atoms with van der Waals surface area (Å²) in [6.45, 7) is 3.55. The van der Waals surface area contributed by atoms with Gasteiger partial charge in [-0.25, -0.2) is 0 Å². The van der Waals surface area contributed by atoms with E-state index in [1.54, 1.807) is 6.07 Å². The van der Waals surface area contributed by atoms with E-state index >= 15 is 0 Å². The molecule has 0 saturated carbocycles. The lowest BCUT2D eigenvalue weighted by Crippen LogP contribution is -1.98. The van der Waals surface area contributed by atoms with Gasteiger partial charge in [-0.05, 0) is 18.2 Å². The molecule has 2 rings (SSSR count). The van der Waals surface area contributed by atoms with Crippen LogP contribution in [0.3, 0.4) is 0 Å². The maximum atomic E-state index is 11.0. The van der Waals surface area contributed by atoms with Crippen molar-refractivity contribution in [1.82, 2.24) is 0 Å². The van der Waals surface area contributed by atoms with Crippen molar-refractivity contribution in [1.29, 1.82) is 0 Å². The highest BCUT2D eigenvalue weighted by Crippen LogP contribution is 2.25. The quantitative estimate of drug-likeness (QED) is 0.795. The summed E-state index contributed by atoms with van der Waals surface area (Å²) in [5.74, 6) is 0. The molecular formula is C10H8O4S. The van der Waals surface area contributed by atoms with Crippen LogP contribution in [-0.4, -0.2) is 13.0 Å². The van der Waals surface area contributed by atoms with Gasteiger partial charge in [-0.3, -0.25) is 4.55 Å². The van der Waals surface area contributed by atoms with Gasteiger partial charge in [0, 0.05) is 10.9 Å². The number of fused-ring (bicyclic) bond motifs is 1. The van der Waals surface area contributed by atoms with Gasteiger partial charge < -0.3 is 4.42 Å². The predicted molar refractivity (Wildman–Crippen MR) is 56.1 cm³/mol. The molecule has 4 nitrogen and oxygen atoms in total. The minimum absolute atomic E-state index is 0.161. The first-order valence-corrected chi connectivity index (χ1v) is 5.57. The minimum atomic E-state index is -4.19. The van der Waals surface area contributed by atoms with E-state index in [1.165, 1.54) is 24.5 Å². The average molecular weight is 224 g/mol. The van der Waals surface area contributed by atoms with Gasteiger partial charge in [-0.2, -0.15) is 8.42 Å². The molecule has 1 heterocycles. The number of benzene rings is 1. The van der Waals surface area contributed by atoms with Crippen molar-refractivity contribution in [3.05, 3.63) is 36.6 Å². The van der Waals surface area contributed by atoms with E-state index in [2.05, 4.69) is 6.58 Å². The van der Waals surface area contributed by atoms with Crippen molar-refractivity contribution >= 4 is 27.2 Å². The first kappa shape index (κ1) is 9.95. The molecule has 15 heavy (non-hydrogen) atoms. The Bertz CT molecular complexity index is 622. The van der Waals surface area contributed by atoms with Gasteiger partial charge >= 0.3 is 0 Å². The Kier molecular flexibility index (Phi) is 2.13. The monoisotopic (exact) mass is 224 g/mol. The molecule has 0 fully saturated rings. The van der Waals surface area contributed by atoms with Gasteiger partial charge in [-0.15, -0.1) is 0 Å². The van der Waals surface area contributed by atoms with Crippen LogP contribution in [0.1, 0.15) is 5.56 Å². The molecular weight excluding hydrogens is 216 g/mol. The summed E-state index contributed by atoms with van der Waals surface area (Å²) in [6, 6.07) is 4.28. The van der Waals surface area contributed by atoms with Crippen LogP contribution >= 0.6 is 0 Å². The Morgan fingerprint density at radius 3 is 2.73 bits per heavy atom. The van der Waals surface area contributed by atoms with Crippen LogP contribution in [0.15, 0.2) is 40.4 Å². The second-order valence-electron chi connectivity index (χ2n) is 3.03. The Hall–Kier alpha value is -1.59. The normalized spacial score (nSPS) is 11.8. The molecule has 0 amide bonds. The molecule has 5 heteroatoms. The molecule has 0 aliphatic heterocycles. The zero-order valence-corrected chi connectivity index (χ0v) is 8.49. The fraction of sp³-hybridized carbons (Fsp3) is 0. The van der Waals surface area contributed by atoms with Crippen LogP contribution < -0.4 is 0 Å². The minimum Gasteiger partial charge on any atom is -0.464 e. The van der Waals surface area contributed by atoms with Crippen molar-refractivity contribution in [2.75, 3.05) is 0 Å². The van der Waals surface area contributed by atoms with Gasteiger partial charge in [0.15, 0.2) is 0 Å². The summed E-state index contributed by atoms with van der Waals surface area (Å²) >= 11 is 0. The molecule has 78 valence electrons. The number of hydrogen-bond donors (Lipinski definition) is 1. The molecule has 0 bridgehead atoms. The van der Waals surface area contributed by atoms with Crippen molar-refractivity contribution in [2.24, 2.45) is 0 Å². The highest BCUT2D eigenvalue weighted by Gasteiger charge is 2.13. The second kappa shape index (κ2) is 3.22. The molecule has 0 aliphatic carbocycles. The molecule has 0 unspecified atom stereocenters. The topological polar surface area (TPSA) is 67.5 Å². The Morgan fingerprint density at radius 2 is 2.13 bits per heavy atom. The van der Waals surface area contributed by atoms with Crippen LogP contribution in [0.25, 0.3) is 17.0 Å². The molecule has 0 spiro atoms. The third-order valence-corrected chi connectivity index (χ3v) is 2.90. The van der Waals surface area contributed by atoms with E-state index in [9.17, 15) is 8.42 Å². The molecule has 1 N–H and O–H groups in total. The summed E-state index contributed by atoms with van der Waals surface area (Å²) in [6.07, 6.45) is 2.92. The highest BCUT2D eigenvalue weighted by molar-refractivity contribution is 7.85. The van der Waals surface area contributed by atoms with Crippen LogP contribution in [0, 0.1) is 0 Å². The zero-order valence-electron chi connectivity index (χ0n) is 7.67. The van der Waals surface area contributed by atoms with E-state index in [0.717, 1.165) is 0 Å². The van der Waals surface area contributed by atoms with Crippen LogP contribution in [0.4, 0.5) is 0 Å². The molecule has 0 atom stereocenters. The summed E-state index contributed by atoms with van der Waals surface area (Å²) in [5.41, 5.74) is 1.09. The first-order chi connectivity index (χ1) is 7.02. The number of furan rings is 1. The average Bonchev–Trinajstić information content (AvgIpc) is 2.62. The Labute approximate surface area is 86.6 Å². The molecule has 2 aromatic rings. The fourth-order valence-corrected chi connectivity index (χ4v) is 1.93. The standard InChI is InChI=1S/C10H8O4S/c1-2-7-5-9(15(11,12)13)6-8-3-4-14-10(7)8/h2-6H,1H2,(H,11,12,13). The van der Waals surface area contributed by atoms with E-state index in [0.29, 0.717) is 16.5 Å². The summed E-state index contributed by atoms with van der Waals surface area (Å²) in [4.78, 5) is -0.161. The van der Waals surface area contributed by atoms with E-state index in [-0.39, 0.29) is 4.90 Å². The Morgan fingerprint density at radius 1 is 1.40 bits per heavy atom. The van der Waals surface area contributed by atoms with E-state index < -0.39 is 10.1 Å². The van der Waals surface area contributed by atoms with Crippen molar-refractivity contribution < 1.29 is 17.4 Å². The van der Waals surface area contributed by atoms with Gasteiger partial charge in [0.05, 0.1) is 11.2 Å². The van der Waals surface area contributed by atoms with Gasteiger partial charge in [-0.1, -0.05) is 12.7 Å². The summed E-state index contributed by atoms with van der Waals surface area (Å²) < 4.78 is 36.0. The largest absolute Gasteiger partial charge is 0.464 e. The molecule has 0 saturated heterocycles. The Balaban J connectivity index is 2.86. The van der Waals surface area contributed by atoms with Gasteiger partial charge in [0.25, 0.3) is 10.1 Å². The number of rotatable bonds is 2. The predicted octanol–water partition coefficient (Wildman–Crippen LogP) is 2.32. The van der Waals surface area contributed by atoms with Crippen LogP contribution in [-0.2, 0) is 10.1 Å². The fourth-order valence-electron chi connectivity index (χ4n) is 1.38. The van der Waals surface area contributed by atoms with Crippen LogP contribution in [0.5, 0.6) is 0 Å². The maximum Gasteiger partial charge on any atom is 0.294 e. The van der Waals surface area contributed by atoms with Crippen molar-refractivity contribution in [3.63, 3.8) is 0 Å². The zero-order chi connectivity index (χ0) is 11.1. The number of hydrogen-bond acceptors (Lipinski definition) is 3. The lowest BCUT2D eigenvalue weighted by atomic mass is 10.1. The van der Waals surface area contributed by atoms with Crippen molar-refractivity contribution in [3.8, 4) is 0 Å². The lowest BCUT2D eigenvalue weighted by molar-refractivity contribution is 0.483. The van der Waals surface area contributed by atoms with Gasteiger partial charge in [0.2, 0.25) is 0 Å². The third kappa shape index (κ3) is 1.67. The SMILES string of the molecule is C=Cc1cc(S(=O)(=O)O)cc2ccoc12. The highest BCUT2D eigenvalue weighted by atomic mass is 32.2. The smallest absolute Gasteiger partial charge is 0.294 e. The molecule has 1 aromatic heterocycles. The summed E-state index contributed by atoms with van der Waals surface area (Å²) in [7, 11) is -4.19. The first-order valence-electron chi connectivity index (χ1n) is 4.13. The molecule has 1 aromatic carbocycles. The summed E-state index contributed by atoms with van der Waals surface area (Å²) in [5, 5.41) is 0.611. The van der Waals surface area contributed by atoms with Crippen LogP contribution in [0.2, 0.25) is 0 Å². The maximum absolute atomic E-state index is 11.0. The van der Waals surface area contributed by atoms with E-state index in [4.69, 9.17) is 8.97 Å². The lowest BCUT2D eigenvalue weighted by Gasteiger charge is -2.00. The van der Waals surface area contributed by atoms with Gasteiger partial charge in [0.1, 0.15) is 5.58 Å². The molecule has 0 aliphatic rings. The second-order valence-corrected chi connectivity index (χ2v) is 4.45. The third-order valence-electron chi connectivity index (χ3n) is 2.07. The van der Waals surface area contributed by atoms with E-state index in [1.807, 2.05) is 0 Å². The van der Waals surface area contributed by atoms with Crippen molar-refractivity contribution in [2.45, 2.75) is 4.90 Å². The molecule has 0 radical (unpaired) electrons.